The van der Waals surface area contributed by atoms with Gasteiger partial charge in [-0.1, -0.05) is 194 Å². The van der Waals surface area contributed by atoms with Gasteiger partial charge < -0.3 is 9.32 Å². The lowest BCUT2D eigenvalue weighted by Crippen LogP contribution is -2.12. The number of fused-ring (bicyclic) bond motifs is 6. The predicted octanol–water partition coefficient (Wildman–Crippen LogP) is 16.0. The van der Waals surface area contributed by atoms with Crippen LogP contribution >= 0.6 is 0 Å². The van der Waals surface area contributed by atoms with Crippen LogP contribution < -0.4 is 4.90 Å². The lowest BCUT2D eigenvalue weighted by molar-refractivity contribution is 0.670. The molecule has 2 heteroatoms. The molecule has 2 nitrogen and oxygen atoms in total. The third kappa shape index (κ3) is 5.74. The summed E-state index contributed by atoms with van der Waals surface area (Å²) in [5, 5.41) is 7.10. The number of furan rings is 1. The summed E-state index contributed by atoms with van der Waals surface area (Å²) in [6.07, 6.45) is 0. The van der Waals surface area contributed by atoms with Crippen LogP contribution in [0.15, 0.2) is 229 Å². The van der Waals surface area contributed by atoms with Gasteiger partial charge in [-0.05, 0) is 79.9 Å². The molecule has 0 spiro atoms. The SMILES string of the molecule is c1ccc(-c2ccc(-c3ccc(N(c4cccc(-c5cccc6c5oc5ccccc56)c4)c4c(-c5ccccc5)c5ccccc5c5ccccc45)cc3)cc2)cc1. The van der Waals surface area contributed by atoms with Crippen molar-refractivity contribution in [3.05, 3.63) is 224 Å². The Morgan fingerprint density at radius 2 is 0.776 bits per heavy atom. The van der Waals surface area contributed by atoms with Crippen LogP contribution in [0.3, 0.4) is 0 Å². The number of anilines is 3. The Labute approximate surface area is 337 Å². The zero-order valence-corrected chi connectivity index (χ0v) is 31.7. The highest BCUT2D eigenvalue weighted by atomic mass is 16.3. The van der Waals surface area contributed by atoms with Crippen molar-refractivity contribution in [2.45, 2.75) is 0 Å². The average Bonchev–Trinajstić information content (AvgIpc) is 3.69. The molecule has 1 heterocycles. The van der Waals surface area contributed by atoms with E-state index in [-0.39, 0.29) is 0 Å². The minimum atomic E-state index is 0.896. The first kappa shape index (κ1) is 33.6. The summed E-state index contributed by atoms with van der Waals surface area (Å²) in [7, 11) is 0. The second-order valence-corrected chi connectivity index (χ2v) is 14.8. The fraction of sp³-hybridized carbons (Fsp3) is 0. The van der Waals surface area contributed by atoms with Crippen LogP contribution in [0.25, 0.3) is 88.0 Å². The third-order valence-corrected chi connectivity index (χ3v) is 11.5. The summed E-state index contributed by atoms with van der Waals surface area (Å²) in [6.45, 7) is 0. The molecule has 0 unspecified atom stereocenters. The summed E-state index contributed by atoms with van der Waals surface area (Å²) < 4.78 is 6.56. The van der Waals surface area contributed by atoms with Gasteiger partial charge in [-0.2, -0.15) is 0 Å². The van der Waals surface area contributed by atoms with Gasteiger partial charge in [-0.3, -0.25) is 0 Å². The van der Waals surface area contributed by atoms with E-state index in [1.54, 1.807) is 0 Å². The molecule has 11 aromatic rings. The van der Waals surface area contributed by atoms with Gasteiger partial charge in [-0.25, -0.2) is 0 Å². The van der Waals surface area contributed by atoms with Crippen LogP contribution in [-0.2, 0) is 0 Å². The fourth-order valence-electron chi connectivity index (χ4n) is 8.73. The number of rotatable bonds is 7. The molecule has 272 valence electrons. The maximum absolute atomic E-state index is 6.56. The van der Waals surface area contributed by atoms with Crippen molar-refractivity contribution in [1.29, 1.82) is 0 Å². The maximum Gasteiger partial charge on any atom is 0.143 e. The number of benzene rings is 10. The first-order valence-electron chi connectivity index (χ1n) is 19.8. The van der Waals surface area contributed by atoms with E-state index in [1.165, 1.54) is 54.9 Å². The second-order valence-electron chi connectivity index (χ2n) is 14.8. The zero-order chi connectivity index (χ0) is 38.4. The minimum absolute atomic E-state index is 0.896. The monoisotopic (exact) mass is 739 g/mol. The Morgan fingerprint density at radius 1 is 0.293 bits per heavy atom. The van der Waals surface area contributed by atoms with E-state index >= 15 is 0 Å². The van der Waals surface area contributed by atoms with Gasteiger partial charge in [0.05, 0.1) is 5.69 Å². The van der Waals surface area contributed by atoms with Gasteiger partial charge in [0.25, 0.3) is 0 Å². The molecule has 0 radical (unpaired) electrons. The number of nitrogens with zero attached hydrogens (tertiary/aromatic N) is 1. The largest absolute Gasteiger partial charge is 0.455 e. The van der Waals surface area contributed by atoms with Crippen molar-refractivity contribution in [3.63, 3.8) is 0 Å². The molecule has 0 saturated carbocycles. The van der Waals surface area contributed by atoms with Crippen molar-refractivity contribution < 1.29 is 4.42 Å². The van der Waals surface area contributed by atoms with E-state index in [2.05, 4.69) is 223 Å². The predicted molar refractivity (Wildman–Crippen MR) is 245 cm³/mol. The highest BCUT2D eigenvalue weighted by Crippen LogP contribution is 2.50. The van der Waals surface area contributed by atoms with E-state index in [4.69, 9.17) is 4.42 Å². The molecule has 58 heavy (non-hydrogen) atoms. The quantitative estimate of drug-likeness (QED) is 0.151. The Morgan fingerprint density at radius 3 is 1.47 bits per heavy atom. The van der Waals surface area contributed by atoms with Crippen LogP contribution in [-0.4, -0.2) is 0 Å². The van der Waals surface area contributed by atoms with Crippen LogP contribution in [0.2, 0.25) is 0 Å². The zero-order valence-electron chi connectivity index (χ0n) is 31.7. The van der Waals surface area contributed by atoms with Gasteiger partial charge in [0.15, 0.2) is 0 Å². The van der Waals surface area contributed by atoms with Crippen LogP contribution in [0, 0.1) is 0 Å². The summed E-state index contributed by atoms with van der Waals surface area (Å²) in [6, 6.07) is 80.7. The minimum Gasteiger partial charge on any atom is -0.455 e. The summed E-state index contributed by atoms with van der Waals surface area (Å²) in [5.41, 5.74) is 14.4. The molecular formula is C56H37NO. The number of para-hydroxylation sites is 2. The van der Waals surface area contributed by atoms with Crippen LogP contribution in [0.1, 0.15) is 0 Å². The number of hydrogen-bond donors (Lipinski definition) is 0. The Kier molecular flexibility index (Phi) is 8.19. The van der Waals surface area contributed by atoms with E-state index in [0.29, 0.717) is 0 Å². The lowest BCUT2D eigenvalue weighted by Gasteiger charge is -2.31. The first-order chi connectivity index (χ1) is 28.8. The molecule has 0 aliphatic carbocycles. The Balaban J connectivity index is 1.14. The van der Waals surface area contributed by atoms with Crippen molar-refractivity contribution >= 4 is 60.5 Å². The molecule has 0 saturated heterocycles. The molecule has 11 rings (SSSR count). The van der Waals surface area contributed by atoms with Gasteiger partial charge in [-0.15, -0.1) is 0 Å². The molecule has 0 N–H and O–H groups in total. The van der Waals surface area contributed by atoms with Crippen molar-refractivity contribution in [2.24, 2.45) is 0 Å². The molecule has 0 aliphatic heterocycles. The Hall–Kier alpha value is -7.68. The second kappa shape index (κ2) is 14.1. The molecule has 1 aromatic heterocycles. The van der Waals surface area contributed by atoms with E-state index < -0.39 is 0 Å². The van der Waals surface area contributed by atoms with Crippen molar-refractivity contribution in [2.75, 3.05) is 4.90 Å². The van der Waals surface area contributed by atoms with Gasteiger partial charge in [0, 0.05) is 38.7 Å². The molecule has 10 aromatic carbocycles. The standard InChI is InChI=1S/C56H37NO/c1-3-15-38(16-4-1)39-29-31-40(32-30-39)41-33-35-44(36-34-41)57(45-20-13-19-43(37-45)46-26-14-27-52-49-23-11-12-28-53(49)58-56(46)52)55-51-25-10-8-22-48(51)47-21-7-9-24-50(47)54(55)42-17-5-2-6-18-42/h1-37H. The van der Waals surface area contributed by atoms with Crippen molar-refractivity contribution in [1.82, 2.24) is 0 Å². The first-order valence-corrected chi connectivity index (χ1v) is 19.8. The maximum atomic E-state index is 6.56. The molecule has 0 bridgehead atoms. The summed E-state index contributed by atoms with van der Waals surface area (Å²) in [5.74, 6) is 0. The highest BCUT2D eigenvalue weighted by Gasteiger charge is 2.24. The van der Waals surface area contributed by atoms with Crippen LogP contribution in [0.5, 0.6) is 0 Å². The fourth-order valence-corrected chi connectivity index (χ4v) is 8.73. The summed E-state index contributed by atoms with van der Waals surface area (Å²) in [4.78, 5) is 2.46. The molecule has 0 fully saturated rings. The van der Waals surface area contributed by atoms with Crippen LogP contribution in [0.4, 0.5) is 17.1 Å². The molecular weight excluding hydrogens is 703 g/mol. The van der Waals surface area contributed by atoms with E-state index in [0.717, 1.165) is 50.1 Å². The number of hydrogen-bond acceptors (Lipinski definition) is 2. The summed E-state index contributed by atoms with van der Waals surface area (Å²) >= 11 is 0. The highest BCUT2D eigenvalue weighted by molar-refractivity contribution is 6.22. The normalized spacial score (nSPS) is 11.4. The smallest absolute Gasteiger partial charge is 0.143 e. The topological polar surface area (TPSA) is 16.4 Å². The van der Waals surface area contributed by atoms with Gasteiger partial charge in [0.2, 0.25) is 0 Å². The Bertz CT molecular complexity index is 3250. The molecule has 0 atom stereocenters. The van der Waals surface area contributed by atoms with Gasteiger partial charge >= 0.3 is 0 Å². The average molecular weight is 740 g/mol. The molecule has 0 amide bonds. The molecule has 0 aliphatic rings. The van der Waals surface area contributed by atoms with E-state index in [1.807, 2.05) is 6.07 Å². The lowest BCUT2D eigenvalue weighted by atomic mass is 9.90. The van der Waals surface area contributed by atoms with Crippen molar-refractivity contribution in [3.8, 4) is 44.5 Å². The van der Waals surface area contributed by atoms with Gasteiger partial charge in [0.1, 0.15) is 11.2 Å². The third-order valence-electron chi connectivity index (χ3n) is 11.5. The van der Waals surface area contributed by atoms with E-state index in [9.17, 15) is 0 Å².